The van der Waals surface area contributed by atoms with Crippen LogP contribution in [0.15, 0.2) is 18.2 Å². The molecule has 19 heavy (non-hydrogen) atoms. The number of sulfone groups is 1. The fourth-order valence-corrected chi connectivity index (χ4v) is 2.99. The molecule has 0 aromatic heterocycles. The molecule has 0 N–H and O–H groups in total. The summed E-state index contributed by atoms with van der Waals surface area (Å²) in [6.45, 7) is 2.28. The van der Waals surface area contributed by atoms with Crippen molar-refractivity contribution in [1.29, 1.82) is 0 Å². The SMILES string of the molecule is CN1CCN(CCCS(C)(=O)=O)c2cc(F)ccc21. The van der Waals surface area contributed by atoms with E-state index in [-0.39, 0.29) is 11.6 Å². The molecule has 1 aromatic rings. The van der Waals surface area contributed by atoms with Crippen molar-refractivity contribution in [2.24, 2.45) is 0 Å². The summed E-state index contributed by atoms with van der Waals surface area (Å²) < 4.78 is 35.6. The number of hydrogen-bond acceptors (Lipinski definition) is 4. The molecule has 0 atom stereocenters. The molecule has 1 heterocycles. The lowest BCUT2D eigenvalue weighted by molar-refractivity contribution is 0.597. The molecule has 0 saturated carbocycles. The second-order valence-corrected chi connectivity index (χ2v) is 7.28. The van der Waals surface area contributed by atoms with Gasteiger partial charge in [0.25, 0.3) is 0 Å². The van der Waals surface area contributed by atoms with E-state index in [0.29, 0.717) is 13.0 Å². The zero-order chi connectivity index (χ0) is 14.0. The summed E-state index contributed by atoms with van der Waals surface area (Å²) in [6, 6.07) is 4.74. The van der Waals surface area contributed by atoms with Gasteiger partial charge in [-0.15, -0.1) is 0 Å². The molecule has 6 heteroatoms. The highest BCUT2D eigenvalue weighted by Crippen LogP contribution is 2.32. The van der Waals surface area contributed by atoms with E-state index in [1.807, 2.05) is 7.05 Å². The van der Waals surface area contributed by atoms with Gasteiger partial charge in [-0.1, -0.05) is 0 Å². The van der Waals surface area contributed by atoms with Crippen molar-refractivity contribution in [2.75, 3.05) is 48.5 Å². The molecule has 0 aliphatic carbocycles. The minimum Gasteiger partial charge on any atom is -0.371 e. The summed E-state index contributed by atoms with van der Waals surface area (Å²) in [7, 11) is -0.956. The Morgan fingerprint density at radius 3 is 2.68 bits per heavy atom. The van der Waals surface area contributed by atoms with Gasteiger partial charge < -0.3 is 9.80 Å². The van der Waals surface area contributed by atoms with Crippen LogP contribution in [0.5, 0.6) is 0 Å². The summed E-state index contributed by atoms with van der Waals surface area (Å²) in [5.41, 5.74) is 1.84. The third-order valence-electron chi connectivity index (χ3n) is 3.34. The number of benzene rings is 1. The number of nitrogens with zero attached hydrogens (tertiary/aromatic N) is 2. The highest BCUT2D eigenvalue weighted by Gasteiger charge is 2.20. The molecule has 106 valence electrons. The van der Waals surface area contributed by atoms with Crippen molar-refractivity contribution in [2.45, 2.75) is 6.42 Å². The molecule has 0 radical (unpaired) electrons. The first-order chi connectivity index (χ1) is 8.87. The molecule has 0 saturated heterocycles. The number of fused-ring (bicyclic) bond motifs is 1. The molecular formula is C13H19FN2O2S. The molecule has 0 spiro atoms. The van der Waals surface area contributed by atoms with E-state index in [1.54, 1.807) is 6.07 Å². The summed E-state index contributed by atoms with van der Waals surface area (Å²) in [6.07, 6.45) is 1.81. The zero-order valence-electron chi connectivity index (χ0n) is 11.3. The summed E-state index contributed by atoms with van der Waals surface area (Å²) in [5, 5.41) is 0. The number of anilines is 2. The van der Waals surface area contributed by atoms with Crippen LogP contribution in [0.25, 0.3) is 0 Å². The van der Waals surface area contributed by atoms with Crippen molar-refractivity contribution in [3.63, 3.8) is 0 Å². The topological polar surface area (TPSA) is 40.6 Å². The Morgan fingerprint density at radius 1 is 1.26 bits per heavy atom. The first kappa shape index (κ1) is 14.1. The van der Waals surface area contributed by atoms with Crippen LogP contribution in [0, 0.1) is 5.82 Å². The molecule has 1 aliphatic rings. The molecule has 1 aromatic carbocycles. The van der Waals surface area contributed by atoms with Crippen LogP contribution in [0.2, 0.25) is 0 Å². The lowest BCUT2D eigenvalue weighted by Crippen LogP contribution is -2.40. The first-order valence-corrected chi connectivity index (χ1v) is 8.36. The minimum absolute atomic E-state index is 0.171. The number of likely N-dealkylation sites (N-methyl/N-ethyl adjacent to an activating group) is 1. The zero-order valence-corrected chi connectivity index (χ0v) is 12.1. The van der Waals surface area contributed by atoms with Crippen molar-refractivity contribution in [3.8, 4) is 0 Å². The van der Waals surface area contributed by atoms with Crippen molar-refractivity contribution >= 4 is 21.2 Å². The molecule has 0 fully saturated rings. The van der Waals surface area contributed by atoms with Gasteiger partial charge in [-0.3, -0.25) is 0 Å². The molecular weight excluding hydrogens is 267 g/mol. The molecule has 2 rings (SSSR count). The predicted octanol–water partition coefficient (Wildman–Crippen LogP) is 1.52. The van der Waals surface area contributed by atoms with Crippen LogP contribution in [-0.2, 0) is 9.84 Å². The molecule has 4 nitrogen and oxygen atoms in total. The quantitative estimate of drug-likeness (QED) is 0.841. The van der Waals surface area contributed by atoms with Crippen LogP contribution in [-0.4, -0.2) is 47.1 Å². The lowest BCUT2D eigenvalue weighted by atomic mass is 10.1. The Balaban J connectivity index is 2.12. The van der Waals surface area contributed by atoms with Gasteiger partial charge in [0.2, 0.25) is 0 Å². The van der Waals surface area contributed by atoms with E-state index in [0.717, 1.165) is 24.5 Å². The predicted molar refractivity (Wildman–Crippen MR) is 76.2 cm³/mol. The highest BCUT2D eigenvalue weighted by atomic mass is 32.2. The lowest BCUT2D eigenvalue weighted by Gasteiger charge is -2.37. The van der Waals surface area contributed by atoms with Crippen molar-refractivity contribution < 1.29 is 12.8 Å². The normalized spacial score (nSPS) is 15.5. The third-order valence-corrected chi connectivity index (χ3v) is 4.37. The maximum Gasteiger partial charge on any atom is 0.147 e. The van der Waals surface area contributed by atoms with E-state index < -0.39 is 9.84 Å². The average molecular weight is 286 g/mol. The van der Waals surface area contributed by atoms with Gasteiger partial charge in [-0.2, -0.15) is 0 Å². The van der Waals surface area contributed by atoms with Gasteiger partial charge in [-0.05, 0) is 24.6 Å². The summed E-state index contributed by atoms with van der Waals surface area (Å²) in [4.78, 5) is 4.14. The third kappa shape index (κ3) is 3.59. The molecule has 0 unspecified atom stereocenters. The minimum atomic E-state index is -2.93. The van der Waals surface area contributed by atoms with E-state index in [4.69, 9.17) is 0 Å². The van der Waals surface area contributed by atoms with Crippen LogP contribution >= 0.6 is 0 Å². The maximum atomic E-state index is 13.4. The first-order valence-electron chi connectivity index (χ1n) is 6.30. The Kier molecular flexibility index (Phi) is 3.99. The summed E-state index contributed by atoms with van der Waals surface area (Å²) >= 11 is 0. The molecule has 0 bridgehead atoms. The highest BCUT2D eigenvalue weighted by molar-refractivity contribution is 7.90. The van der Waals surface area contributed by atoms with Gasteiger partial charge in [0, 0.05) is 32.9 Å². The fourth-order valence-electron chi connectivity index (χ4n) is 2.33. The van der Waals surface area contributed by atoms with E-state index in [1.165, 1.54) is 18.4 Å². The van der Waals surface area contributed by atoms with E-state index in [2.05, 4.69) is 9.80 Å². The number of rotatable bonds is 4. The Hall–Kier alpha value is -1.30. The Morgan fingerprint density at radius 2 is 2.00 bits per heavy atom. The molecule has 0 amide bonds. The summed E-state index contributed by atoms with van der Waals surface area (Å²) in [5.74, 6) is -0.0913. The van der Waals surface area contributed by atoms with Gasteiger partial charge >= 0.3 is 0 Å². The Bertz CT molecular complexity index is 560. The number of hydrogen-bond donors (Lipinski definition) is 0. The second kappa shape index (κ2) is 5.36. The number of halogens is 1. The van der Waals surface area contributed by atoms with Crippen LogP contribution < -0.4 is 9.80 Å². The van der Waals surface area contributed by atoms with Gasteiger partial charge in [-0.25, -0.2) is 12.8 Å². The van der Waals surface area contributed by atoms with Gasteiger partial charge in [0.1, 0.15) is 15.7 Å². The van der Waals surface area contributed by atoms with Crippen LogP contribution in [0.1, 0.15) is 6.42 Å². The van der Waals surface area contributed by atoms with Crippen molar-refractivity contribution in [1.82, 2.24) is 0 Å². The second-order valence-electron chi connectivity index (χ2n) is 5.03. The molecule has 1 aliphatic heterocycles. The van der Waals surface area contributed by atoms with Crippen molar-refractivity contribution in [3.05, 3.63) is 24.0 Å². The standard InChI is InChI=1S/C13H19FN2O2S/c1-15-7-8-16(6-3-9-19(2,17)18)13-10-11(14)4-5-12(13)15/h4-5,10H,3,6-9H2,1-2H3. The average Bonchev–Trinajstić information content (AvgIpc) is 2.30. The largest absolute Gasteiger partial charge is 0.371 e. The van der Waals surface area contributed by atoms with Gasteiger partial charge in [0.05, 0.1) is 17.1 Å². The Labute approximate surface area is 113 Å². The smallest absolute Gasteiger partial charge is 0.147 e. The van der Waals surface area contributed by atoms with E-state index in [9.17, 15) is 12.8 Å². The fraction of sp³-hybridized carbons (Fsp3) is 0.538. The van der Waals surface area contributed by atoms with Gasteiger partial charge in [0.15, 0.2) is 0 Å². The maximum absolute atomic E-state index is 13.4. The monoisotopic (exact) mass is 286 g/mol. The van der Waals surface area contributed by atoms with E-state index >= 15 is 0 Å². The van der Waals surface area contributed by atoms with Crippen LogP contribution in [0.4, 0.5) is 15.8 Å². The van der Waals surface area contributed by atoms with Crippen LogP contribution in [0.3, 0.4) is 0 Å².